The molecule has 1 saturated heterocycles. The maximum atomic E-state index is 11.5. The summed E-state index contributed by atoms with van der Waals surface area (Å²) in [5, 5.41) is 3.53. The maximum absolute atomic E-state index is 11.5. The predicted molar refractivity (Wildman–Crippen MR) is 79.5 cm³/mol. The zero-order valence-electron chi connectivity index (χ0n) is 11.8. The van der Waals surface area contributed by atoms with Crippen molar-refractivity contribution in [2.24, 2.45) is 5.92 Å². The Morgan fingerprint density at radius 2 is 2.05 bits per heavy atom. The Kier molecular flexibility index (Phi) is 4.01. The van der Waals surface area contributed by atoms with E-state index >= 15 is 0 Å². The fourth-order valence-corrected chi connectivity index (χ4v) is 5.17. The number of hydrogen-bond acceptors (Lipinski definition) is 4. The highest BCUT2D eigenvalue weighted by Crippen LogP contribution is 2.24. The molecule has 0 amide bonds. The van der Waals surface area contributed by atoms with Crippen LogP contribution in [0.25, 0.3) is 0 Å². The van der Waals surface area contributed by atoms with Gasteiger partial charge in [0, 0.05) is 25.0 Å². The molecule has 2 heterocycles. The van der Waals surface area contributed by atoms with Crippen LogP contribution in [0.1, 0.15) is 38.5 Å². The molecule has 1 N–H and O–H groups in total. The number of nitrogens with one attached hydrogen (secondary N) is 1. The van der Waals surface area contributed by atoms with Crippen LogP contribution >= 0.6 is 0 Å². The standard InChI is InChI=1S/C14H23N3O2S/c18-20(19)9-6-12(11-20)10-17-8-7-15-14(17)16-13-4-2-1-3-5-13/h7-8,12-13H,1-6,9-11H2,(H,15,16). The number of rotatable bonds is 4. The molecule has 2 fully saturated rings. The third kappa shape index (κ3) is 3.34. The zero-order valence-corrected chi connectivity index (χ0v) is 12.6. The van der Waals surface area contributed by atoms with Crippen molar-refractivity contribution in [3.05, 3.63) is 12.4 Å². The van der Waals surface area contributed by atoms with Crippen molar-refractivity contribution in [1.82, 2.24) is 9.55 Å². The minimum Gasteiger partial charge on any atom is -0.353 e. The molecule has 0 spiro atoms. The van der Waals surface area contributed by atoms with Crippen LogP contribution < -0.4 is 5.32 Å². The second-order valence-electron chi connectivity index (χ2n) is 6.15. The predicted octanol–water partition coefficient (Wildman–Crippen LogP) is 2.06. The summed E-state index contributed by atoms with van der Waals surface area (Å²) < 4.78 is 25.1. The zero-order chi connectivity index (χ0) is 14.0. The van der Waals surface area contributed by atoms with E-state index in [4.69, 9.17) is 0 Å². The van der Waals surface area contributed by atoms with Crippen LogP contribution in [0.15, 0.2) is 12.4 Å². The van der Waals surface area contributed by atoms with E-state index in [0.29, 0.717) is 17.5 Å². The Hall–Kier alpha value is -1.04. The van der Waals surface area contributed by atoms with Gasteiger partial charge in [-0.15, -0.1) is 0 Å². The molecule has 0 radical (unpaired) electrons. The van der Waals surface area contributed by atoms with Crippen molar-refractivity contribution in [1.29, 1.82) is 0 Å². The lowest BCUT2D eigenvalue weighted by Crippen LogP contribution is -2.25. The first-order chi connectivity index (χ1) is 9.62. The average Bonchev–Trinajstić information content (AvgIpc) is 2.98. The maximum Gasteiger partial charge on any atom is 0.202 e. The number of aromatic nitrogens is 2. The van der Waals surface area contributed by atoms with Gasteiger partial charge in [-0.1, -0.05) is 19.3 Å². The first-order valence-electron chi connectivity index (χ1n) is 7.60. The molecule has 1 aliphatic carbocycles. The molecule has 1 atom stereocenters. The van der Waals surface area contributed by atoms with Crippen LogP contribution in [0, 0.1) is 5.92 Å². The SMILES string of the molecule is O=S1(=O)CCC(Cn2ccnc2NC2CCCCC2)C1. The van der Waals surface area contributed by atoms with E-state index in [0.717, 1.165) is 18.9 Å². The second-order valence-corrected chi connectivity index (χ2v) is 8.38. The second kappa shape index (κ2) is 5.76. The van der Waals surface area contributed by atoms with E-state index in [-0.39, 0.29) is 5.92 Å². The summed E-state index contributed by atoms with van der Waals surface area (Å²) in [6.45, 7) is 0.758. The molecule has 112 valence electrons. The molecule has 1 aliphatic heterocycles. The van der Waals surface area contributed by atoms with Gasteiger partial charge in [-0.3, -0.25) is 0 Å². The van der Waals surface area contributed by atoms with Crippen molar-refractivity contribution in [2.45, 2.75) is 51.1 Å². The first kappa shape index (κ1) is 13.9. The normalized spacial score (nSPS) is 26.7. The van der Waals surface area contributed by atoms with Gasteiger partial charge in [0.05, 0.1) is 11.5 Å². The lowest BCUT2D eigenvalue weighted by molar-refractivity contribution is 0.452. The Morgan fingerprint density at radius 3 is 2.75 bits per heavy atom. The molecule has 1 saturated carbocycles. The van der Waals surface area contributed by atoms with Crippen LogP contribution in [-0.4, -0.2) is 35.5 Å². The largest absolute Gasteiger partial charge is 0.353 e. The third-order valence-electron chi connectivity index (χ3n) is 4.44. The lowest BCUT2D eigenvalue weighted by Gasteiger charge is -2.24. The highest BCUT2D eigenvalue weighted by Gasteiger charge is 2.28. The molecule has 20 heavy (non-hydrogen) atoms. The molecule has 1 aromatic rings. The molecule has 6 heteroatoms. The van der Waals surface area contributed by atoms with Gasteiger partial charge in [-0.25, -0.2) is 13.4 Å². The van der Waals surface area contributed by atoms with Crippen LogP contribution in [0.5, 0.6) is 0 Å². The molecule has 3 rings (SSSR count). The monoisotopic (exact) mass is 297 g/mol. The lowest BCUT2D eigenvalue weighted by atomic mass is 9.96. The number of imidazole rings is 1. The van der Waals surface area contributed by atoms with Gasteiger partial charge >= 0.3 is 0 Å². The van der Waals surface area contributed by atoms with E-state index < -0.39 is 9.84 Å². The van der Waals surface area contributed by atoms with Crippen LogP contribution in [0.2, 0.25) is 0 Å². The van der Waals surface area contributed by atoms with E-state index in [1.807, 2.05) is 6.20 Å². The number of sulfone groups is 1. The Labute approximate surface area is 120 Å². The quantitative estimate of drug-likeness (QED) is 0.924. The fraction of sp³-hybridized carbons (Fsp3) is 0.786. The molecule has 1 aromatic heterocycles. The van der Waals surface area contributed by atoms with Crippen LogP contribution in [0.3, 0.4) is 0 Å². The van der Waals surface area contributed by atoms with Crippen LogP contribution in [-0.2, 0) is 16.4 Å². The van der Waals surface area contributed by atoms with E-state index in [1.165, 1.54) is 32.1 Å². The summed E-state index contributed by atoms with van der Waals surface area (Å²) in [7, 11) is -2.79. The molecule has 2 aliphatic rings. The van der Waals surface area contributed by atoms with Crippen molar-refractivity contribution in [3.63, 3.8) is 0 Å². The number of hydrogen-bond donors (Lipinski definition) is 1. The highest BCUT2D eigenvalue weighted by molar-refractivity contribution is 7.91. The molecule has 1 unspecified atom stereocenters. The van der Waals surface area contributed by atoms with Crippen LogP contribution in [0.4, 0.5) is 5.95 Å². The topological polar surface area (TPSA) is 64.0 Å². The Balaban J connectivity index is 1.61. The van der Waals surface area contributed by atoms with Gasteiger partial charge in [-0.2, -0.15) is 0 Å². The van der Waals surface area contributed by atoms with Gasteiger partial charge in [0.25, 0.3) is 0 Å². The fourth-order valence-electron chi connectivity index (χ4n) is 3.32. The summed E-state index contributed by atoms with van der Waals surface area (Å²) in [4.78, 5) is 4.39. The van der Waals surface area contributed by atoms with Gasteiger partial charge in [0.1, 0.15) is 0 Å². The van der Waals surface area contributed by atoms with E-state index in [2.05, 4.69) is 14.9 Å². The first-order valence-corrected chi connectivity index (χ1v) is 9.43. The molecule has 0 bridgehead atoms. The van der Waals surface area contributed by atoms with Crippen molar-refractivity contribution in [3.8, 4) is 0 Å². The summed E-state index contributed by atoms with van der Waals surface area (Å²) in [6, 6.07) is 0.525. The van der Waals surface area contributed by atoms with Crippen molar-refractivity contribution >= 4 is 15.8 Å². The van der Waals surface area contributed by atoms with Gasteiger partial charge in [0.2, 0.25) is 5.95 Å². The highest BCUT2D eigenvalue weighted by atomic mass is 32.2. The molecule has 5 nitrogen and oxygen atoms in total. The minimum atomic E-state index is -2.79. The number of nitrogens with zero attached hydrogens (tertiary/aromatic N) is 2. The van der Waals surface area contributed by atoms with E-state index in [9.17, 15) is 8.42 Å². The van der Waals surface area contributed by atoms with Gasteiger partial charge in [0.15, 0.2) is 9.84 Å². The average molecular weight is 297 g/mol. The molecular weight excluding hydrogens is 274 g/mol. The van der Waals surface area contributed by atoms with Crippen molar-refractivity contribution < 1.29 is 8.42 Å². The van der Waals surface area contributed by atoms with Gasteiger partial charge < -0.3 is 9.88 Å². The number of anilines is 1. The summed E-state index contributed by atoms with van der Waals surface area (Å²) in [6.07, 6.45) is 10.9. The summed E-state index contributed by atoms with van der Waals surface area (Å²) >= 11 is 0. The Bertz CT molecular complexity index is 547. The smallest absolute Gasteiger partial charge is 0.202 e. The molecule has 0 aromatic carbocycles. The third-order valence-corrected chi connectivity index (χ3v) is 6.27. The summed E-state index contributed by atoms with van der Waals surface area (Å²) in [5.74, 6) is 1.81. The summed E-state index contributed by atoms with van der Waals surface area (Å²) in [5.41, 5.74) is 0. The minimum absolute atomic E-state index is 0.237. The van der Waals surface area contributed by atoms with Gasteiger partial charge in [-0.05, 0) is 25.2 Å². The molecular formula is C14H23N3O2S. The Morgan fingerprint density at radius 1 is 1.25 bits per heavy atom. The van der Waals surface area contributed by atoms with E-state index in [1.54, 1.807) is 6.20 Å². The van der Waals surface area contributed by atoms with Crippen molar-refractivity contribution in [2.75, 3.05) is 16.8 Å².